The maximum atomic E-state index is 10.3. The van der Waals surface area contributed by atoms with Crippen LogP contribution in [0.5, 0.6) is 0 Å². The van der Waals surface area contributed by atoms with Crippen LogP contribution in [-0.2, 0) is 0 Å². The molecule has 1 atom stereocenters. The Kier molecular flexibility index (Phi) is 2.90. The number of aryl methyl sites for hydroxylation is 1. The van der Waals surface area contributed by atoms with Crippen LogP contribution >= 0.6 is 0 Å². The van der Waals surface area contributed by atoms with E-state index in [1.54, 1.807) is 0 Å². The fourth-order valence-electron chi connectivity index (χ4n) is 1.12. The third kappa shape index (κ3) is 2.78. The molecule has 0 saturated carbocycles. The van der Waals surface area contributed by atoms with Crippen LogP contribution in [0.4, 0.5) is 4.79 Å². The maximum absolute atomic E-state index is 10.3. The minimum atomic E-state index is -0.993. The van der Waals surface area contributed by atoms with E-state index in [0.29, 0.717) is 0 Å². The van der Waals surface area contributed by atoms with Gasteiger partial charge in [0.1, 0.15) is 0 Å². The summed E-state index contributed by atoms with van der Waals surface area (Å²) in [6.07, 6.45) is -0.993. The molecule has 1 unspecified atom stereocenters. The van der Waals surface area contributed by atoms with Gasteiger partial charge in [-0.1, -0.05) is 29.8 Å². The molecule has 1 amide bonds. The first-order valence-corrected chi connectivity index (χ1v) is 4.15. The Labute approximate surface area is 77.4 Å². The zero-order chi connectivity index (χ0) is 9.84. The van der Waals surface area contributed by atoms with Gasteiger partial charge in [-0.15, -0.1) is 0 Å². The fourth-order valence-corrected chi connectivity index (χ4v) is 1.12. The Morgan fingerprint density at radius 2 is 1.92 bits per heavy atom. The van der Waals surface area contributed by atoms with Gasteiger partial charge in [0.25, 0.3) is 0 Å². The third-order valence-electron chi connectivity index (χ3n) is 1.92. The number of hydrogen-bond acceptors (Lipinski definition) is 1. The number of rotatable bonds is 2. The zero-order valence-corrected chi connectivity index (χ0v) is 7.74. The monoisotopic (exact) mass is 179 g/mol. The summed E-state index contributed by atoms with van der Waals surface area (Å²) in [6.45, 7) is 3.82. The van der Waals surface area contributed by atoms with Gasteiger partial charge in [-0.05, 0) is 19.4 Å². The van der Waals surface area contributed by atoms with Crippen molar-refractivity contribution in [2.75, 3.05) is 0 Å². The summed E-state index contributed by atoms with van der Waals surface area (Å²) in [6, 6.07) is 7.63. The highest BCUT2D eigenvalue weighted by Gasteiger charge is 2.06. The molecule has 3 heteroatoms. The number of nitrogens with one attached hydrogen (secondary N) is 1. The van der Waals surface area contributed by atoms with Gasteiger partial charge in [-0.3, -0.25) is 0 Å². The van der Waals surface area contributed by atoms with Crippen LogP contribution in [-0.4, -0.2) is 11.2 Å². The maximum Gasteiger partial charge on any atom is 0.405 e. The topological polar surface area (TPSA) is 49.3 Å². The summed E-state index contributed by atoms with van der Waals surface area (Å²) < 4.78 is 0. The molecule has 2 N–H and O–H groups in total. The van der Waals surface area contributed by atoms with E-state index in [0.717, 1.165) is 5.56 Å². The summed E-state index contributed by atoms with van der Waals surface area (Å²) in [5.41, 5.74) is 2.15. The van der Waals surface area contributed by atoms with Crippen molar-refractivity contribution in [2.45, 2.75) is 19.9 Å². The Balaban J connectivity index is 2.71. The van der Waals surface area contributed by atoms with E-state index < -0.39 is 6.09 Å². The van der Waals surface area contributed by atoms with E-state index in [1.807, 2.05) is 38.1 Å². The van der Waals surface area contributed by atoms with Crippen molar-refractivity contribution in [2.24, 2.45) is 0 Å². The summed E-state index contributed by atoms with van der Waals surface area (Å²) in [5.74, 6) is 0. The number of benzene rings is 1. The third-order valence-corrected chi connectivity index (χ3v) is 1.92. The molecular formula is C10H13NO2. The van der Waals surface area contributed by atoms with Gasteiger partial charge >= 0.3 is 6.09 Å². The lowest BCUT2D eigenvalue weighted by Crippen LogP contribution is -2.24. The minimum absolute atomic E-state index is 0.155. The first-order valence-electron chi connectivity index (χ1n) is 4.15. The van der Waals surface area contributed by atoms with Crippen LogP contribution in [0, 0.1) is 6.92 Å². The first kappa shape index (κ1) is 9.58. The van der Waals surface area contributed by atoms with E-state index in [4.69, 9.17) is 5.11 Å². The number of carbonyl (C=O) groups is 1. The van der Waals surface area contributed by atoms with E-state index >= 15 is 0 Å². The Morgan fingerprint density at radius 3 is 2.38 bits per heavy atom. The normalized spacial score (nSPS) is 12.2. The number of carboxylic acid groups (broad SMARTS) is 1. The molecule has 0 radical (unpaired) electrons. The highest BCUT2D eigenvalue weighted by atomic mass is 16.4. The average molecular weight is 179 g/mol. The second-order valence-electron chi connectivity index (χ2n) is 3.08. The standard InChI is InChI=1S/C10H13NO2/c1-7-3-5-9(6-4-7)8(2)11-10(12)13/h3-6,8,11H,1-2H3,(H,12,13). The molecule has 13 heavy (non-hydrogen) atoms. The summed E-state index contributed by atoms with van der Waals surface area (Å²) in [5, 5.41) is 10.9. The molecule has 0 saturated heterocycles. The van der Waals surface area contributed by atoms with Crippen LogP contribution < -0.4 is 5.32 Å². The SMILES string of the molecule is Cc1ccc(C(C)NC(=O)O)cc1. The largest absolute Gasteiger partial charge is 0.465 e. The lowest BCUT2D eigenvalue weighted by atomic mass is 10.1. The van der Waals surface area contributed by atoms with E-state index in [1.165, 1.54) is 5.56 Å². The predicted octanol–water partition coefficient (Wildman–Crippen LogP) is 2.32. The van der Waals surface area contributed by atoms with Gasteiger partial charge in [0.15, 0.2) is 0 Å². The van der Waals surface area contributed by atoms with Crippen molar-refractivity contribution in [3.05, 3.63) is 35.4 Å². The lowest BCUT2D eigenvalue weighted by Gasteiger charge is -2.11. The molecule has 1 rings (SSSR count). The molecule has 0 aliphatic rings. The van der Waals surface area contributed by atoms with Crippen molar-refractivity contribution in [3.63, 3.8) is 0 Å². The van der Waals surface area contributed by atoms with Crippen molar-refractivity contribution in [1.82, 2.24) is 5.32 Å². The average Bonchev–Trinajstić information content (AvgIpc) is 2.04. The van der Waals surface area contributed by atoms with Gasteiger partial charge in [0.05, 0.1) is 6.04 Å². The van der Waals surface area contributed by atoms with Crippen LogP contribution in [0.25, 0.3) is 0 Å². The smallest absolute Gasteiger partial charge is 0.405 e. The molecule has 0 aromatic heterocycles. The highest BCUT2D eigenvalue weighted by molar-refractivity contribution is 5.65. The molecule has 70 valence electrons. The van der Waals surface area contributed by atoms with E-state index in [2.05, 4.69) is 5.32 Å². The van der Waals surface area contributed by atoms with Crippen molar-refractivity contribution >= 4 is 6.09 Å². The number of hydrogen-bond donors (Lipinski definition) is 2. The van der Waals surface area contributed by atoms with Crippen LogP contribution in [0.15, 0.2) is 24.3 Å². The second kappa shape index (κ2) is 3.94. The summed E-state index contributed by atoms with van der Waals surface area (Å²) in [7, 11) is 0. The second-order valence-corrected chi connectivity index (χ2v) is 3.08. The lowest BCUT2D eigenvalue weighted by molar-refractivity contribution is 0.191. The Bertz CT molecular complexity index is 292. The van der Waals surface area contributed by atoms with Gasteiger partial charge < -0.3 is 10.4 Å². The first-order chi connectivity index (χ1) is 6.09. The molecule has 1 aromatic rings. The molecule has 0 bridgehead atoms. The number of amides is 1. The quantitative estimate of drug-likeness (QED) is 0.732. The van der Waals surface area contributed by atoms with Crippen molar-refractivity contribution < 1.29 is 9.90 Å². The molecule has 0 aliphatic heterocycles. The van der Waals surface area contributed by atoms with Gasteiger partial charge in [-0.2, -0.15) is 0 Å². The van der Waals surface area contributed by atoms with Gasteiger partial charge in [0, 0.05) is 0 Å². The molecule has 0 aliphatic carbocycles. The van der Waals surface area contributed by atoms with Crippen molar-refractivity contribution in [3.8, 4) is 0 Å². The van der Waals surface area contributed by atoms with Crippen LogP contribution in [0.1, 0.15) is 24.1 Å². The fraction of sp³-hybridized carbons (Fsp3) is 0.300. The zero-order valence-electron chi connectivity index (χ0n) is 7.74. The van der Waals surface area contributed by atoms with E-state index in [-0.39, 0.29) is 6.04 Å². The van der Waals surface area contributed by atoms with Gasteiger partial charge in [0.2, 0.25) is 0 Å². The Hall–Kier alpha value is -1.51. The van der Waals surface area contributed by atoms with Gasteiger partial charge in [-0.25, -0.2) is 4.79 Å². The van der Waals surface area contributed by atoms with Crippen LogP contribution in [0.3, 0.4) is 0 Å². The van der Waals surface area contributed by atoms with Crippen LogP contribution in [0.2, 0.25) is 0 Å². The highest BCUT2D eigenvalue weighted by Crippen LogP contribution is 2.12. The molecule has 0 spiro atoms. The van der Waals surface area contributed by atoms with E-state index in [9.17, 15) is 4.79 Å². The summed E-state index contributed by atoms with van der Waals surface area (Å²) in [4.78, 5) is 10.3. The molecule has 3 nitrogen and oxygen atoms in total. The molecular weight excluding hydrogens is 166 g/mol. The molecule has 0 heterocycles. The summed E-state index contributed by atoms with van der Waals surface area (Å²) >= 11 is 0. The molecule has 1 aromatic carbocycles. The predicted molar refractivity (Wildman–Crippen MR) is 50.8 cm³/mol. The van der Waals surface area contributed by atoms with Crippen molar-refractivity contribution in [1.29, 1.82) is 0 Å². The minimum Gasteiger partial charge on any atom is -0.465 e. The molecule has 0 fully saturated rings. The Morgan fingerprint density at radius 1 is 1.38 bits per heavy atom.